The van der Waals surface area contributed by atoms with Crippen molar-refractivity contribution in [3.63, 3.8) is 0 Å². The van der Waals surface area contributed by atoms with Gasteiger partial charge in [0.15, 0.2) is 0 Å². The molecule has 0 aliphatic heterocycles. The predicted molar refractivity (Wildman–Crippen MR) is 85.4 cm³/mol. The van der Waals surface area contributed by atoms with E-state index in [2.05, 4.69) is 66.4 Å². The van der Waals surface area contributed by atoms with Gasteiger partial charge in [-0.3, -0.25) is 4.90 Å². The lowest BCUT2D eigenvalue weighted by Gasteiger charge is -2.22. The van der Waals surface area contributed by atoms with E-state index in [9.17, 15) is 0 Å². The molecule has 0 saturated carbocycles. The van der Waals surface area contributed by atoms with Gasteiger partial charge in [0, 0.05) is 13.1 Å². The summed E-state index contributed by atoms with van der Waals surface area (Å²) >= 11 is 0. The zero-order valence-electron chi connectivity index (χ0n) is 12.3. The standard InChI is InChI=1S/C18H24N2/c1-2-20(14-16-8-4-3-5-9-16)15-18-11-7-6-10-17(18)12-13-19/h3-11H,2,12-15,19H2,1H3. The van der Waals surface area contributed by atoms with Crippen molar-refractivity contribution >= 4 is 0 Å². The third kappa shape index (κ3) is 4.19. The second kappa shape index (κ2) is 7.83. The largest absolute Gasteiger partial charge is 0.330 e. The molecule has 0 amide bonds. The van der Waals surface area contributed by atoms with E-state index in [1.54, 1.807) is 0 Å². The molecule has 106 valence electrons. The summed E-state index contributed by atoms with van der Waals surface area (Å²) < 4.78 is 0. The van der Waals surface area contributed by atoms with Crippen LogP contribution in [-0.4, -0.2) is 18.0 Å². The van der Waals surface area contributed by atoms with Crippen molar-refractivity contribution in [1.82, 2.24) is 4.90 Å². The van der Waals surface area contributed by atoms with E-state index >= 15 is 0 Å². The van der Waals surface area contributed by atoms with Crippen LogP contribution in [0, 0.1) is 0 Å². The van der Waals surface area contributed by atoms with Gasteiger partial charge in [-0.2, -0.15) is 0 Å². The maximum atomic E-state index is 5.70. The molecule has 0 fully saturated rings. The van der Waals surface area contributed by atoms with Crippen LogP contribution in [0.5, 0.6) is 0 Å². The van der Waals surface area contributed by atoms with Gasteiger partial charge in [-0.1, -0.05) is 61.5 Å². The van der Waals surface area contributed by atoms with Gasteiger partial charge in [0.2, 0.25) is 0 Å². The lowest BCUT2D eigenvalue weighted by atomic mass is 10.0. The van der Waals surface area contributed by atoms with Crippen LogP contribution in [0.1, 0.15) is 23.6 Å². The van der Waals surface area contributed by atoms with Gasteiger partial charge in [0.05, 0.1) is 0 Å². The number of benzene rings is 2. The summed E-state index contributed by atoms with van der Waals surface area (Å²) in [7, 11) is 0. The van der Waals surface area contributed by atoms with Crippen molar-refractivity contribution in [2.24, 2.45) is 5.73 Å². The Morgan fingerprint density at radius 1 is 0.850 bits per heavy atom. The molecule has 0 saturated heterocycles. The van der Waals surface area contributed by atoms with Crippen molar-refractivity contribution < 1.29 is 0 Å². The quantitative estimate of drug-likeness (QED) is 0.835. The molecule has 2 nitrogen and oxygen atoms in total. The van der Waals surface area contributed by atoms with E-state index in [1.165, 1.54) is 16.7 Å². The van der Waals surface area contributed by atoms with E-state index < -0.39 is 0 Å². The van der Waals surface area contributed by atoms with Crippen LogP contribution in [0.15, 0.2) is 54.6 Å². The van der Waals surface area contributed by atoms with Gasteiger partial charge in [0.25, 0.3) is 0 Å². The monoisotopic (exact) mass is 268 g/mol. The number of hydrogen-bond acceptors (Lipinski definition) is 2. The molecule has 0 radical (unpaired) electrons. The molecule has 0 aromatic heterocycles. The predicted octanol–water partition coefficient (Wildman–Crippen LogP) is 3.21. The number of hydrogen-bond donors (Lipinski definition) is 1. The molecule has 0 spiro atoms. The Hall–Kier alpha value is -1.64. The summed E-state index contributed by atoms with van der Waals surface area (Å²) in [4.78, 5) is 2.46. The summed E-state index contributed by atoms with van der Waals surface area (Å²) in [6.07, 6.45) is 0.957. The first kappa shape index (κ1) is 14.8. The summed E-state index contributed by atoms with van der Waals surface area (Å²) in [5.41, 5.74) is 9.84. The second-order valence-electron chi connectivity index (χ2n) is 5.10. The van der Waals surface area contributed by atoms with Crippen LogP contribution in [0.2, 0.25) is 0 Å². The zero-order chi connectivity index (χ0) is 14.2. The Morgan fingerprint density at radius 2 is 1.50 bits per heavy atom. The molecule has 0 unspecified atom stereocenters. The van der Waals surface area contributed by atoms with E-state index in [-0.39, 0.29) is 0 Å². The summed E-state index contributed by atoms with van der Waals surface area (Å²) in [5.74, 6) is 0. The molecular weight excluding hydrogens is 244 g/mol. The van der Waals surface area contributed by atoms with Crippen molar-refractivity contribution in [2.45, 2.75) is 26.4 Å². The Kier molecular flexibility index (Phi) is 5.78. The van der Waals surface area contributed by atoms with Crippen LogP contribution in [0.4, 0.5) is 0 Å². The molecule has 2 aromatic rings. The average molecular weight is 268 g/mol. The highest BCUT2D eigenvalue weighted by Crippen LogP contribution is 2.14. The van der Waals surface area contributed by atoms with Gasteiger partial charge in [-0.25, -0.2) is 0 Å². The minimum atomic E-state index is 0.710. The Morgan fingerprint density at radius 3 is 2.15 bits per heavy atom. The number of rotatable bonds is 7. The highest BCUT2D eigenvalue weighted by molar-refractivity contribution is 5.27. The smallest absolute Gasteiger partial charge is 0.0239 e. The van der Waals surface area contributed by atoms with Crippen molar-refractivity contribution in [3.05, 3.63) is 71.3 Å². The van der Waals surface area contributed by atoms with Crippen molar-refractivity contribution in [2.75, 3.05) is 13.1 Å². The fourth-order valence-electron chi connectivity index (χ4n) is 2.47. The van der Waals surface area contributed by atoms with E-state index in [1.807, 2.05) is 0 Å². The van der Waals surface area contributed by atoms with Crippen molar-refractivity contribution in [1.29, 1.82) is 0 Å². The fourth-order valence-corrected chi connectivity index (χ4v) is 2.47. The van der Waals surface area contributed by atoms with E-state index in [0.29, 0.717) is 6.54 Å². The highest BCUT2D eigenvalue weighted by atomic mass is 15.1. The highest BCUT2D eigenvalue weighted by Gasteiger charge is 2.07. The molecule has 0 atom stereocenters. The molecule has 2 N–H and O–H groups in total. The summed E-state index contributed by atoms with van der Waals surface area (Å²) in [6.45, 7) is 5.96. The van der Waals surface area contributed by atoms with Crippen LogP contribution in [0.25, 0.3) is 0 Å². The first-order valence-corrected chi connectivity index (χ1v) is 7.36. The van der Waals surface area contributed by atoms with E-state index in [4.69, 9.17) is 5.73 Å². The second-order valence-corrected chi connectivity index (χ2v) is 5.10. The van der Waals surface area contributed by atoms with Gasteiger partial charge >= 0.3 is 0 Å². The fraction of sp³-hybridized carbons (Fsp3) is 0.333. The third-order valence-electron chi connectivity index (χ3n) is 3.62. The minimum absolute atomic E-state index is 0.710. The van der Waals surface area contributed by atoms with Crippen molar-refractivity contribution in [3.8, 4) is 0 Å². The van der Waals surface area contributed by atoms with Crippen LogP contribution < -0.4 is 5.73 Å². The number of nitrogens with zero attached hydrogens (tertiary/aromatic N) is 1. The van der Waals surface area contributed by atoms with Crippen LogP contribution >= 0.6 is 0 Å². The molecule has 0 heterocycles. The van der Waals surface area contributed by atoms with Gasteiger partial charge < -0.3 is 5.73 Å². The Bertz CT molecular complexity index is 508. The third-order valence-corrected chi connectivity index (χ3v) is 3.62. The normalized spacial score (nSPS) is 10.9. The van der Waals surface area contributed by atoms with Gasteiger partial charge in [-0.15, -0.1) is 0 Å². The Labute approximate surface area is 122 Å². The van der Waals surface area contributed by atoms with Crippen LogP contribution in [-0.2, 0) is 19.5 Å². The number of nitrogens with two attached hydrogens (primary N) is 1. The molecule has 0 aliphatic carbocycles. The van der Waals surface area contributed by atoms with Crippen LogP contribution in [0.3, 0.4) is 0 Å². The lowest BCUT2D eigenvalue weighted by molar-refractivity contribution is 0.270. The molecule has 20 heavy (non-hydrogen) atoms. The molecule has 2 aromatic carbocycles. The maximum absolute atomic E-state index is 5.70. The molecule has 0 aliphatic rings. The molecule has 2 heteroatoms. The molecule has 2 rings (SSSR count). The summed E-state index contributed by atoms with van der Waals surface area (Å²) in [5, 5.41) is 0. The SMILES string of the molecule is CCN(Cc1ccccc1)Cc1ccccc1CCN. The minimum Gasteiger partial charge on any atom is -0.330 e. The lowest BCUT2D eigenvalue weighted by Crippen LogP contribution is -2.23. The first-order chi connectivity index (χ1) is 9.83. The topological polar surface area (TPSA) is 29.3 Å². The molecule has 0 bridgehead atoms. The zero-order valence-corrected chi connectivity index (χ0v) is 12.3. The van der Waals surface area contributed by atoms with Gasteiger partial charge in [0.1, 0.15) is 0 Å². The first-order valence-electron chi connectivity index (χ1n) is 7.36. The van der Waals surface area contributed by atoms with E-state index in [0.717, 1.165) is 26.1 Å². The average Bonchev–Trinajstić information content (AvgIpc) is 2.50. The summed E-state index contributed by atoms with van der Waals surface area (Å²) in [6, 6.07) is 19.3. The Balaban J connectivity index is 2.06. The van der Waals surface area contributed by atoms with Gasteiger partial charge in [-0.05, 0) is 36.2 Å². The maximum Gasteiger partial charge on any atom is 0.0239 e. The molecular formula is C18H24N2.